The highest BCUT2D eigenvalue weighted by Crippen LogP contribution is 2.21. The van der Waals surface area contributed by atoms with Crippen LogP contribution in [0.25, 0.3) is 0 Å². The van der Waals surface area contributed by atoms with Gasteiger partial charge in [0.25, 0.3) is 5.91 Å². The molecule has 0 radical (unpaired) electrons. The highest BCUT2D eigenvalue weighted by Gasteiger charge is 2.12. The Morgan fingerprint density at radius 2 is 2.20 bits per heavy atom. The summed E-state index contributed by atoms with van der Waals surface area (Å²) in [6, 6.07) is 7.67. The van der Waals surface area contributed by atoms with Crippen LogP contribution >= 0.6 is 15.9 Å². The molecule has 6 heteroatoms. The maximum absolute atomic E-state index is 13.1. The largest absolute Gasteiger partial charge is 0.370 e. The van der Waals surface area contributed by atoms with E-state index in [0.29, 0.717) is 28.1 Å². The molecule has 0 aliphatic rings. The molecule has 104 valence electrons. The molecule has 0 bridgehead atoms. The third kappa shape index (κ3) is 3.33. The maximum atomic E-state index is 13.1. The molecule has 0 spiro atoms. The highest BCUT2D eigenvalue weighted by molar-refractivity contribution is 9.10. The second kappa shape index (κ2) is 6.47. The number of carbonyl (C=O) groups is 1. The molecule has 0 unspecified atom stereocenters. The molecule has 0 atom stereocenters. The van der Waals surface area contributed by atoms with Gasteiger partial charge >= 0.3 is 0 Å². The Bertz CT molecular complexity index is 634. The number of halogens is 2. The molecule has 20 heavy (non-hydrogen) atoms. The summed E-state index contributed by atoms with van der Waals surface area (Å²) < 4.78 is 13.4. The van der Waals surface area contributed by atoms with Crippen LogP contribution < -0.4 is 10.6 Å². The Morgan fingerprint density at radius 1 is 1.40 bits per heavy atom. The summed E-state index contributed by atoms with van der Waals surface area (Å²) in [5.74, 6) is -0.154. The van der Waals surface area contributed by atoms with Gasteiger partial charge in [-0.1, -0.05) is 0 Å². The lowest BCUT2D eigenvalue weighted by Crippen LogP contribution is -2.15. The lowest BCUT2D eigenvalue weighted by Gasteiger charge is -2.10. The van der Waals surface area contributed by atoms with E-state index in [1.165, 1.54) is 18.2 Å². The number of hydrogen-bond acceptors (Lipinski definition) is 3. The van der Waals surface area contributed by atoms with Gasteiger partial charge in [-0.2, -0.15) is 0 Å². The van der Waals surface area contributed by atoms with Crippen molar-refractivity contribution in [1.82, 2.24) is 4.98 Å². The van der Waals surface area contributed by atoms with E-state index in [0.717, 1.165) is 0 Å². The Balaban J connectivity index is 2.21. The molecule has 0 aliphatic carbocycles. The Labute approximate surface area is 124 Å². The summed E-state index contributed by atoms with van der Waals surface area (Å²) in [6.07, 6.45) is 1.61. The van der Waals surface area contributed by atoms with Crippen molar-refractivity contribution in [3.63, 3.8) is 0 Å². The van der Waals surface area contributed by atoms with Gasteiger partial charge < -0.3 is 10.6 Å². The van der Waals surface area contributed by atoms with Gasteiger partial charge in [-0.25, -0.2) is 9.37 Å². The van der Waals surface area contributed by atoms with Crippen molar-refractivity contribution >= 4 is 33.3 Å². The van der Waals surface area contributed by atoms with Gasteiger partial charge in [0.05, 0.1) is 10.0 Å². The van der Waals surface area contributed by atoms with E-state index >= 15 is 0 Å². The van der Waals surface area contributed by atoms with E-state index in [1.807, 2.05) is 6.92 Å². The Morgan fingerprint density at radius 3 is 2.90 bits per heavy atom. The van der Waals surface area contributed by atoms with Crippen LogP contribution in [-0.2, 0) is 0 Å². The lowest BCUT2D eigenvalue weighted by atomic mass is 10.2. The van der Waals surface area contributed by atoms with E-state index in [1.54, 1.807) is 18.3 Å². The van der Waals surface area contributed by atoms with Gasteiger partial charge in [-0.3, -0.25) is 4.79 Å². The van der Waals surface area contributed by atoms with Gasteiger partial charge in [0.1, 0.15) is 11.6 Å². The summed E-state index contributed by atoms with van der Waals surface area (Å²) in [5.41, 5.74) is 0.948. The van der Waals surface area contributed by atoms with E-state index in [2.05, 4.69) is 31.5 Å². The number of anilines is 2. The van der Waals surface area contributed by atoms with Gasteiger partial charge in [-0.05, 0) is 53.2 Å². The number of hydrogen-bond donors (Lipinski definition) is 2. The van der Waals surface area contributed by atoms with Crippen LogP contribution in [0.3, 0.4) is 0 Å². The second-order valence-corrected chi connectivity index (χ2v) is 4.87. The Hall–Kier alpha value is -1.95. The predicted molar refractivity (Wildman–Crippen MR) is 80.5 cm³/mol. The number of amides is 1. The number of aromatic nitrogens is 1. The van der Waals surface area contributed by atoms with E-state index in [9.17, 15) is 9.18 Å². The number of nitrogens with one attached hydrogen (secondary N) is 2. The molecule has 1 heterocycles. The van der Waals surface area contributed by atoms with Crippen LogP contribution in [0.4, 0.5) is 15.9 Å². The van der Waals surface area contributed by atoms with Crippen LogP contribution in [-0.4, -0.2) is 17.4 Å². The van der Waals surface area contributed by atoms with Crippen molar-refractivity contribution in [2.45, 2.75) is 6.92 Å². The van der Waals surface area contributed by atoms with E-state index < -0.39 is 0 Å². The van der Waals surface area contributed by atoms with Crippen LogP contribution in [0.1, 0.15) is 17.3 Å². The number of carbonyl (C=O) groups excluding carboxylic acids is 1. The maximum Gasteiger partial charge on any atom is 0.259 e. The summed E-state index contributed by atoms with van der Waals surface area (Å²) in [5, 5.41) is 5.73. The monoisotopic (exact) mass is 337 g/mol. The van der Waals surface area contributed by atoms with Crippen molar-refractivity contribution in [2.24, 2.45) is 0 Å². The van der Waals surface area contributed by atoms with Crippen molar-refractivity contribution in [2.75, 3.05) is 17.2 Å². The van der Waals surface area contributed by atoms with Crippen LogP contribution in [0.5, 0.6) is 0 Å². The third-order valence-electron chi connectivity index (χ3n) is 2.57. The highest BCUT2D eigenvalue weighted by atomic mass is 79.9. The summed E-state index contributed by atoms with van der Waals surface area (Å²) in [7, 11) is 0. The number of pyridine rings is 1. The summed E-state index contributed by atoms with van der Waals surface area (Å²) >= 11 is 3.08. The first-order valence-corrected chi connectivity index (χ1v) is 6.86. The first kappa shape index (κ1) is 14.5. The minimum atomic E-state index is -0.377. The Kier molecular flexibility index (Phi) is 4.68. The fourth-order valence-electron chi connectivity index (χ4n) is 1.67. The first-order chi connectivity index (χ1) is 9.61. The molecule has 2 aromatic rings. The van der Waals surface area contributed by atoms with Gasteiger partial charge in [0.15, 0.2) is 0 Å². The van der Waals surface area contributed by atoms with Gasteiger partial charge in [0, 0.05) is 18.4 Å². The van der Waals surface area contributed by atoms with Gasteiger partial charge in [0.2, 0.25) is 0 Å². The fraction of sp³-hybridized carbons (Fsp3) is 0.143. The average Bonchev–Trinajstić information content (AvgIpc) is 2.44. The normalized spacial score (nSPS) is 10.2. The minimum Gasteiger partial charge on any atom is -0.370 e. The molecule has 1 aromatic carbocycles. The molecule has 0 fully saturated rings. The molecule has 1 amide bonds. The molecule has 1 aromatic heterocycles. The predicted octanol–water partition coefficient (Wildman–Crippen LogP) is 3.67. The van der Waals surface area contributed by atoms with Crippen LogP contribution in [0, 0.1) is 5.82 Å². The molecular weight excluding hydrogens is 325 g/mol. The van der Waals surface area contributed by atoms with Crippen LogP contribution in [0.2, 0.25) is 0 Å². The van der Waals surface area contributed by atoms with Gasteiger partial charge in [-0.15, -0.1) is 0 Å². The number of nitrogens with zero attached hydrogens (tertiary/aromatic N) is 1. The minimum absolute atomic E-state index is 0.299. The zero-order valence-electron chi connectivity index (χ0n) is 10.8. The van der Waals surface area contributed by atoms with Crippen molar-refractivity contribution < 1.29 is 9.18 Å². The average molecular weight is 338 g/mol. The SMILES string of the molecule is CCNc1ncccc1C(=O)Nc1ccc(F)c(Br)c1. The number of rotatable bonds is 4. The van der Waals surface area contributed by atoms with E-state index in [4.69, 9.17) is 0 Å². The smallest absolute Gasteiger partial charge is 0.259 e. The van der Waals surface area contributed by atoms with Crippen LogP contribution in [0.15, 0.2) is 41.0 Å². The van der Waals surface area contributed by atoms with E-state index in [-0.39, 0.29) is 11.7 Å². The van der Waals surface area contributed by atoms with Crippen molar-refractivity contribution in [1.29, 1.82) is 0 Å². The molecular formula is C14H13BrFN3O. The molecule has 0 aliphatic heterocycles. The third-order valence-corrected chi connectivity index (χ3v) is 3.18. The molecule has 0 saturated carbocycles. The molecule has 2 rings (SSSR count). The zero-order chi connectivity index (χ0) is 14.5. The second-order valence-electron chi connectivity index (χ2n) is 4.01. The standard InChI is InChI=1S/C14H13BrFN3O/c1-2-17-13-10(4-3-7-18-13)14(20)19-9-5-6-12(16)11(15)8-9/h3-8H,2H2,1H3,(H,17,18)(H,19,20). The zero-order valence-corrected chi connectivity index (χ0v) is 12.4. The number of benzene rings is 1. The topological polar surface area (TPSA) is 54.0 Å². The first-order valence-electron chi connectivity index (χ1n) is 6.07. The van der Waals surface area contributed by atoms with Crippen molar-refractivity contribution in [3.8, 4) is 0 Å². The quantitative estimate of drug-likeness (QED) is 0.894. The molecule has 2 N–H and O–H groups in total. The molecule has 4 nitrogen and oxygen atoms in total. The van der Waals surface area contributed by atoms with Crippen molar-refractivity contribution in [3.05, 3.63) is 52.4 Å². The summed E-state index contributed by atoms with van der Waals surface area (Å²) in [6.45, 7) is 2.59. The fourth-order valence-corrected chi connectivity index (χ4v) is 2.05. The lowest BCUT2D eigenvalue weighted by molar-refractivity contribution is 0.102. The molecule has 0 saturated heterocycles. The summed E-state index contributed by atoms with van der Waals surface area (Å²) in [4.78, 5) is 16.3.